The van der Waals surface area contributed by atoms with Crippen LogP contribution in [-0.2, 0) is 15.9 Å². The maximum absolute atomic E-state index is 5.54. The number of benzene rings is 1. The average Bonchev–Trinajstić information content (AvgIpc) is 2.42. The molecule has 1 saturated heterocycles. The third-order valence-corrected chi connectivity index (χ3v) is 3.84. The second-order valence-electron chi connectivity index (χ2n) is 5.27. The molecule has 104 valence electrons. The summed E-state index contributed by atoms with van der Waals surface area (Å²) in [6.45, 7) is 3.76. The standard InChI is InChI=1S/C16H22O3/c1-16(8-9-19-12-14(16)11-17-2)10-13-4-6-15(18-3)7-5-13/h4-7,11H,8-10,12H2,1-3H3. The first-order valence-electron chi connectivity index (χ1n) is 6.61. The molecule has 1 heterocycles. The van der Waals surface area contributed by atoms with Crippen LogP contribution in [0.1, 0.15) is 18.9 Å². The highest BCUT2D eigenvalue weighted by Crippen LogP contribution is 2.38. The first-order chi connectivity index (χ1) is 9.18. The molecule has 19 heavy (non-hydrogen) atoms. The fourth-order valence-corrected chi connectivity index (χ4v) is 2.53. The normalized spacial score (nSPS) is 25.3. The fourth-order valence-electron chi connectivity index (χ4n) is 2.53. The molecular formula is C16H22O3. The molecule has 0 spiro atoms. The zero-order valence-electron chi connectivity index (χ0n) is 11.9. The SMILES string of the molecule is COC=C1COCCC1(C)Cc1ccc(OC)cc1. The van der Waals surface area contributed by atoms with Crippen LogP contribution < -0.4 is 4.74 Å². The molecule has 1 unspecified atom stereocenters. The lowest BCUT2D eigenvalue weighted by Crippen LogP contribution is -2.31. The topological polar surface area (TPSA) is 27.7 Å². The Labute approximate surface area is 115 Å². The van der Waals surface area contributed by atoms with Crippen LogP contribution >= 0.6 is 0 Å². The zero-order chi connectivity index (χ0) is 13.7. The van der Waals surface area contributed by atoms with Gasteiger partial charge in [0, 0.05) is 12.0 Å². The third-order valence-electron chi connectivity index (χ3n) is 3.84. The van der Waals surface area contributed by atoms with Crippen molar-refractivity contribution in [2.75, 3.05) is 27.4 Å². The van der Waals surface area contributed by atoms with E-state index >= 15 is 0 Å². The van der Waals surface area contributed by atoms with Crippen LogP contribution in [-0.4, -0.2) is 27.4 Å². The van der Waals surface area contributed by atoms with E-state index < -0.39 is 0 Å². The Hall–Kier alpha value is -1.48. The molecule has 1 atom stereocenters. The highest BCUT2D eigenvalue weighted by molar-refractivity contribution is 5.29. The zero-order valence-corrected chi connectivity index (χ0v) is 11.9. The molecule has 0 aromatic heterocycles. The summed E-state index contributed by atoms with van der Waals surface area (Å²) in [4.78, 5) is 0. The number of rotatable bonds is 4. The minimum absolute atomic E-state index is 0.114. The molecule has 0 bridgehead atoms. The Kier molecular flexibility index (Phi) is 4.48. The van der Waals surface area contributed by atoms with Crippen LogP contribution in [0.5, 0.6) is 5.75 Å². The van der Waals surface area contributed by atoms with Gasteiger partial charge in [-0.05, 0) is 36.1 Å². The van der Waals surface area contributed by atoms with Gasteiger partial charge < -0.3 is 14.2 Å². The van der Waals surface area contributed by atoms with Gasteiger partial charge in [0.25, 0.3) is 0 Å². The van der Waals surface area contributed by atoms with E-state index in [1.165, 1.54) is 11.1 Å². The molecule has 1 aliphatic heterocycles. The van der Waals surface area contributed by atoms with Gasteiger partial charge in [-0.2, -0.15) is 0 Å². The smallest absolute Gasteiger partial charge is 0.118 e. The Morgan fingerprint density at radius 2 is 2.00 bits per heavy atom. The maximum atomic E-state index is 5.54. The van der Waals surface area contributed by atoms with Crippen molar-refractivity contribution < 1.29 is 14.2 Å². The Balaban J connectivity index is 2.15. The quantitative estimate of drug-likeness (QED) is 0.780. The molecule has 0 N–H and O–H groups in total. The van der Waals surface area contributed by atoms with E-state index in [1.807, 2.05) is 18.4 Å². The lowest BCUT2D eigenvalue weighted by molar-refractivity contribution is 0.0694. The van der Waals surface area contributed by atoms with Gasteiger partial charge in [0.2, 0.25) is 0 Å². The molecule has 1 aromatic rings. The van der Waals surface area contributed by atoms with E-state index in [1.54, 1.807) is 14.2 Å². The van der Waals surface area contributed by atoms with E-state index in [9.17, 15) is 0 Å². The number of hydrogen-bond donors (Lipinski definition) is 0. The predicted octanol–water partition coefficient (Wildman–Crippen LogP) is 3.19. The van der Waals surface area contributed by atoms with Crippen molar-refractivity contribution >= 4 is 0 Å². The average molecular weight is 262 g/mol. The van der Waals surface area contributed by atoms with Crippen molar-refractivity contribution in [1.82, 2.24) is 0 Å². The van der Waals surface area contributed by atoms with E-state index in [0.717, 1.165) is 25.2 Å². The van der Waals surface area contributed by atoms with E-state index in [-0.39, 0.29) is 5.41 Å². The summed E-state index contributed by atoms with van der Waals surface area (Å²) in [5.41, 5.74) is 2.66. The van der Waals surface area contributed by atoms with Gasteiger partial charge in [0.05, 0.1) is 27.1 Å². The lowest BCUT2D eigenvalue weighted by atomic mass is 9.74. The van der Waals surface area contributed by atoms with Crippen LogP contribution in [0.2, 0.25) is 0 Å². The van der Waals surface area contributed by atoms with E-state index in [0.29, 0.717) is 6.61 Å². The van der Waals surface area contributed by atoms with Crippen LogP contribution in [0.3, 0.4) is 0 Å². The first-order valence-corrected chi connectivity index (χ1v) is 6.61. The molecular weight excluding hydrogens is 240 g/mol. The summed E-state index contributed by atoms with van der Waals surface area (Å²) in [7, 11) is 3.38. The lowest BCUT2D eigenvalue weighted by Gasteiger charge is -2.36. The van der Waals surface area contributed by atoms with Gasteiger partial charge in [-0.25, -0.2) is 0 Å². The summed E-state index contributed by atoms with van der Waals surface area (Å²) < 4.78 is 15.9. The highest BCUT2D eigenvalue weighted by atomic mass is 16.5. The summed E-state index contributed by atoms with van der Waals surface area (Å²) in [6, 6.07) is 8.28. The maximum Gasteiger partial charge on any atom is 0.118 e. The van der Waals surface area contributed by atoms with Crippen molar-refractivity contribution in [2.24, 2.45) is 5.41 Å². The van der Waals surface area contributed by atoms with Crippen molar-refractivity contribution in [1.29, 1.82) is 0 Å². The van der Waals surface area contributed by atoms with Gasteiger partial charge in [-0.3, -0.25) is 0 Å². The Morgan fingerprint density at radius 1 is 1.26 bits per heavy atom. The van der Waals surface area contributed by atoms with Crippen molar-refractivity contribution in [3.8, 4) is 5.75 Å². The second kappa shape index (κ2) is 6.11. The summed E-state index contributed by atoms with van der Waals surface area (Å²) in [5, 5.41) is 0. The number of ether oxygens (including phenoxy) is 3. The van der Waals surface area contributed by atoms with Gasteiger partial charge in [0.15, 0.2) is 0 Å². The van der Waals surface area contributed by atoms with Gasteiger partial charge in [0.1, 0.15) is 5.75 Å². The first kappa shape index (κ1) is 13.9. The van der Waals surface area contributed by atoms with Crippen LogP contribution in [0, 0.1) is 5.41 Å². The second-order valence-corrected chi connectivity index (χ2v) is 5.27. The summed E-state index contributed by atoms with van der Waals surface area (Å²) >= 11 is 0. The molecule has 0 saturated carbocycles. The van der Waals surface area contributed by atoms with Crippen molar-refractivity contribution in [3.05, 3.63) is 41.7 Å². The molecule has 3 heteroatoms. The third kappa shape index (κ3) is 3.29. The van der Waals surface area contributed by atoms with Gasteiger partial charge in [-0.1, -0.05) is 19.1 Å². The molecule has 2 rings (SSSR count). The fraction of sp³-hybridized carbons (Fsp3) is 0.500. The highest BCUT2D eigenvalue weighted by Gasteiger charge is 2.32. The van der Waals surface area contributed by atoms with Crippen molar-refractivity contribution in [3.63, 3.8) is 0 Å². The molecule has 3 nitrogen and oxygen atoms in total. The molecule has 1 fully saturated rings. The van der Waals surface area contributed by atoms with Crippen LogP contribution in [0.25, 0.3) is 0 Å². The minimum atomic E-state index is 0.114. The molecule has 1 aromatic carbocycles. The predicted molar refractivity (Wildman–Crippen MR) is 75.3 cm³/mol. The van der Waals surface area contributed by atoms with Crippen LogP contribution in [0.15, 0.2) is 36.1 Å². The molecule has 0 radical (unpaired) electrons. The summed E-state index contributed by atoms with van der Waals surface area (Å²) in [6.07, 6.45) is 3.85. The molecule has 1 aliphatic rings. The molecule has 0 aliphatic carbocycles. The van der Waals surface area contributed by atoms with Crippen LogP contribution in [0.4, 0.5) is 0 Å². The van der Waals surface area contributed by atoms with E-state index in [4.69, 9.17) is 14.2 Å². The summed E-state index contributed by atoms with van der Waals surface area (Å²) in [5.74, 6) is 0.897. The largest absolute Gasteiger partial charge is 0.504 e. The Bertz CT molecular complexity index is 436. The Morgan fingerprint density at radius 3 is 2.63 bits per heavy atom. The minimum Gasteiger partial charge on any atom is -0.504 e. The monoisotopic (exact) mass is 262 g/mol. The number of methoxy groups -OCH3 is 2. The van der Waals surface area contributed by atoms with Gasteiger partial charge in [-0.15, -0.1) is 0 Å². The number of hydrogen-bond acceptors (Lipinski definition) is 3. The van der Waals surface area contributed by atoms with Crippen molar-refractivity contribution in [2.45, 2.75) is 19.8 Å². The van der Waals surface area contributed by atoms with Gasteiger partial charge >= 0.3 is 0 Å². The molecule has 0 amide bonds. The van der Waals surface area contributed by atoms with E-state index in [2.05, 4.69) is 19.1 Å².